The second kappa shape index (κ2) is 7.39. The number of halogens is 1. The summed E-state index contributed by atoms with van der Waals surface area (Å²) in [6, 6.07) is 8.61. The number of rotatable bonds is 7. The Morgan fingerprint density at radius 2 is 2.16 bits per heavy atom. The average Bonchev–Trinajstić information content (AvgIpc) is 2.39. The molecule has 2 rings (SSSR count). The van der Waals surface area contributed by atoms with Crippen LogP contribution in [0, 0.1) is 0 Å². The molecule has 1 aromatic rings. The molecule has 19 heavy (non-hydrogen) atoms. The standard InChI is InChI=1S/C15H22BrNO2/c1-3-8-17-13-9-14(15(13)18-2)19-10-11-6-4-5-7-12(11)16/h4-7,13-15,17H,3,8-10H2,1-2H3. The van der Waals surface area contributed by atoms with Gasteiger partial charge in [-0.15, -0.1) is 0 Å². The molecule has 1 aliphatic rings. The van der Waals surface area contributed by atoms with Gasteiger partial charge in [-0.05, 0) is 31.0 Å². The first kappa shape index (κ1) is 15.0. The maximum atomic E-state index is 5.96. The fraction of sp³-hybridized carbons (Fsp3) is 0.600. The number of hydrogen-bond acceptors (Lipinski definition) is 3. The molecule has 3 atom stereocenters. The van der Waals surface area contributed by atoms with Crippen molar-refractivity contribution in [2.75, 3.05) is 13.7 Å². The highest BCUT2D eigenvalue weighted by Gasteiger charge is 2.41. The largest absolute Gasteiger partial charge is 0.377 e. The van der Waals surface area contributed by atoms with Crippen molar-refractivity contribution >= 4 is 15.9 Å². The molecule has 0 radical (unpaired) electrons. The van der Waals surface area contributed by atoms with Crippen molar-refractivity contribution in [3.05, 3.63) is 34.3 Å². The molecule has 3 unspecified atom stereocenters. The first-order valence-electron chi connectivity index (χ1n) is 6.87. The first-order chi connectivity index (χ1) is 9.26. The molecule has 3 nitrogen and oxygen atoms in total. The van der Waals surface area contributed by atoms with E-state index < -0.39 is 0 Å². The van der Waals surface area contributed by atoms with Crippen LogP contribution >= 0.6 is 15.9 Å². The maximum Gasteiger partial charge on any atom is 0.0987 e. The summed E-state index contributed by atoms with van der Waals surface area (Å²) in [7, 11) is 1.76. The molecule has 1 aliphatic carbocycles. The number of methoxy groups -OCH3 is 1. The highest BCUT2D eigenvalue weighted by atomic mass is 79.9. The Balaban J connectivity index is 1.80. The van der Waals surface area contributed by atoms with Gasteiger partial charge in [0.15, 0.2) is 0 Å². The number of benzene rings is 1. The lowest BCUT2D eigenvalue weighted by atomic mass is 9.85. The summed E-state index contributed by atoms with van der Waals surface area (Å²) in [6.45, 7) is 3.85. The molecule has 0 saturated heterocycles. The molecule has 0 aliphatic heterocycles. The minimum atomic E-state index is 0.175. The molecule has 0 bridgehead atoms. The van der Waals surface area contributed by atoms with E-state index in [2.05, 4.69) is 34.2 Å². The number of ether oxygens (including phenoxy) is 2. The van der Waals surface area contributed by atoms with E-state index in [1.165, 1.54) is 5.56 Å². The van der Waals surface area contributed by atoms with Gasteiger partial charge in [-0.3, -0.25) is 0 Å². The Morgan fingerprint density at radius 3 is 2.84 bits per heavy atom. The van der Waals surface area contributed by atoms with Gasteiger partial charge in [0, 0.05) is 17.6 Å². The van der Waals surface area contributed by atoms with Crippen molar-refractivity contribution in [3.8, 4) is 0 Å². The normalized spacial score (nSPS) is 26.2. The van der Waals surface area contributed by atoms with Crippen molar-refractivity contribution in [1.29, 1.82) is 0 Å². The third-order valence-electron chi connectivity index (χ3n) is 3.59. The van der Waals surface area contributed by atoms with Crippen molar-refractivity contribution in [3.63, 3.8) is 0 Å². The quantitative estimate of drug-likeness (QED) is 0.834. The Kier molecular flexibility index (Phi) is 5.82. The molecule has 1 N–H and O–H groups in total. The van der Waals surface area contributed by atoms with Gasteiger partial charge >= 0.3 is 0 Å². The van der Waals surface area contributed by atoms with Crippen LogP contribution in [-0.2, 0) is 16.1 Å². The summed E-state index contributed by atoms with van der Waals surface area (Å²) >= 11 is 3.54. The van der Waals surface area contributed by atoms with Crippen LogP contribution in [0.15, 0.2) is 28.7 Å². The molecular weight excluding hydrogens is 306 g/mol. The second-order valence-corrected chi connectivity index (χ2v) is 5.79. The minimum Gasteiger partial charge on any atom is -0.377 e. The highest BCUT2D eigenvalue weighted by Crippen LogP contribution is 2.28. The van der Waals surface area contributed by atoms with Gasteiger partial charge in [0.05, 0.1) is 18.8 Å². The second-order valence-electron chi connectivity index (χ2n) is 4.94. The molecule has 1 aromatic carbocycles. The van der Waals surface area contributed by atoms with Crippen LogP contribution in [0.4, 0.5) is 0 Å². The van der Waals surface area contributed by atoms with Crippen LogP contribution in [0.1, 0.15) is 25.3 Å². The molecule has 0 amide bonds. The van der Waals surface area contributed by atoms with E-state index in [1.54, 1.807) is 7.11 Å². The molecule has 106 valence electrons. The molecule has 0 aromatic heterocycles. The topological polar surface area (TPSA) is 30.5 Å². The SMILES string of the molecule is CCCNC1CC(OCc2ccccc2Br)C1OC. The van der Waals surface area contributed by atoms with Crippen molar-refractivity contribution < 1.29 is 9.47 Å². The van der Waals surface area contributed by atoms with E-state index in [1.807, 2.05) is 18.2 Å². The lowest BCUT2D eigenvalue weighted by Crippen LogP contribution is -2.59. The molecule has 1 saturated carbocycles. The zero-order valence-corrected chi connectivity index (χ0v) is 13.2. The summed E-state index contributed by atoms with van der Waals surface area (Å²) in [5, 5.41) is 3.50. The molecule has 0 spiro atoms. The van der Waals surface area contributed by atoms with Crippen LogP contribution in [-0.4, -0.2) is 31.9 Å². The molecule has 1 fully saturated rings. The highest BCUT2D eigenvalue weighted by molar-refractivity contribution is 9.10. The Morgan fingerprint density at radius 1 is 1.37 bits per heavy atom. The number of nitrogens with one attached hydrogen (secondary N) is 1. The van der Waals surface area contributed by atoms with Crippen molar-refractivity contribution in [1.82, 2.24) is 5.32 Å². The first-order valence-corrected chi connectivity index (χ1v) is 7.66. The van der Waals surface area contributed by atoms with E-state index in [0.717, 1.165) is 23.9 Å². The van der Waals surface area contributed by atoms with E-state index in [0.29, 0.717) is 12.6 Å². The number of hydrogen-bond donors (Lipinski definition) is 1. The van der Waals surface area contributed by atoms with E-state index >= 15 is 0 Å². The summed E-state index contributed by atoms with van der Waals surface area (Å²) in [4.78, 5) is 0. The van der Waals surface area contributed by atoms with Crippen LogP contribution < -0.4 is 5.32 Å². The van der Waals surface area contributed by atoms with Gasteiger partial charge < -0.3 is 14.8 Å². The predicted octanol–water partition coefficient (Wildman–Crippen LogP) is 3.12. The third-order valence-corrected chi connectivity index (χ3v) is 4.36. The van der Waals surface area contributed by atoms with Gasteiger partial charge in [0.25, 0.3) is 0 Å². The lowest BCUT2D eigenvalue weighted by Gasteiger charge is -2.43. The fourth-order valence-electron chi connectivity index (χ4n) is 2.40. The summed E-state index contributed by atoms with van der Waals surface area (Å²) in [6.07, 6.45) is 2.55. The van der Waals surface area contributed by atoms with Gasteiger partial charge in [0.2, 0.25) is 0 Å². The van der Waals surface area contributed by atoms with E-state index in [-0.39, 0.29) is 12.2 Å². The lowest BCUT2D eigenvalue weighted by molar-refractivity contribution is -0.139. The zero-order valence-electron chi connectivity index (χ0n) is 11.6. The third kappa shape index (κ3) is 3.78. The zero-order chi connectivity index (χ0) is 13.7. The van der Waals surface area contributed by atoms with Gasteiger partial charge in [-0.2, -0.15) is 0 Å². The summed E-state index contributed by atoms with van der Waals surface area (Å²) in [5.74, 6) is 0. The monoisotopic (exact) mass is 327 g/mol. The Bertz CT molecular complexity index is 399. The van der Waals surface area contributed by atoms with Crippen LogP contribution in [0.2, 0.25) is 0 Å². The molecular formula is C15H22BrNO2. The Labute approximate surface area is 123 Å². The molecule has 4 heteroatoms. The van der Waals surface area contributed by atoms with Crippen LogP contribution in [0.25, 0.3) is 0 Å². The van der Waals surface area contributed by atoms with Crippen molar-refractivity contribution in [2.45, 2.75) is 44.6 Å². The minimum absolute atomic E-state index is 0.175. The van der Waals surface area contributed by atoms with E-state index in [9.17, 15) is 0 Å². The summed E-state index contributed by atoms with van der Waals surface area (Å²) < 4.78 is 12.6. The maximum absolute atomic E-state index is 5.96. The smallest absolute Gasteiger partial charge is 0.0987 e. The van der Waals surface area contributed by atoms with Crippen molar-refractivity contribution in [2.24, 2.45) is 0 Å². The predicted molar refractivity (Wildman–Crippen MR) is 80.2 cm³/mol. The summed E-state index contributed by atoms with van der Waals surface area (Å²) in [5.41, 5.74) is 1.18. The van der Waals surface area contributed by atoms with Gasteiger partial charge in [-0.1, -0.05) is 41.1 Å². The average molecular weight is 328 g/mol. The molecule has 0 heterocycles. The van der Waals surface area contributed by atoms with E-state index in [4.69, 9.17) is 9.47 Å². The van der Waals surface area contributed by atoms with Gasteiger partial charge in [-0.25, -0.2) is 0 Å². The fourth-order valence-corrected chi connectivity index (χ4v) is 2.80. The van der Waals surface area contributed by atoms with Gasteiger partial charge in [0.1, 0.15) is 0 Å². The van der Waals surface area contributed by atoms with Crippen LogP contribution in [0.5, 0.6) is 0 Å². The Hall–Kier alpha value is -0.420. The van der Waals surface area contributed by atoms with Crippen LogP contribution in [0.3, 0.4) is 0 Å².